The molecule has 33 heavy (non-hydrogen) atoms. The van der Waals surface area contributed by atoms with Crippen molar-refractivity contribution in [2.24, 2.45) is 5.92 Å². The summed E-state index contributed by atoms with van der Waals surface area (Å²) in [5.74, 6) is -3.65. The molecule has 0 bridgehead atoms. The van der Waals surface area contributed by atoms with E-state index >= 15 is 0 Å². The van der Waals surface area contributed by atoms with Crippen LogP contribution in [0.3, 0.4) is 0 Å². The number of halogens is 8. The molecule has 3 aromatic heterocycles. The van der Waals surface area contributed by atoms with Crippen LogP contribution in [0.5, 0.6) is 0 Å². The molecule has 4 rings (SSSR count). The quantitative estimate of drug-likeness (QED) is 0.495. The Hall–Kier alpha value is -2.93. The molecule has 180 valence electrons. The summed E-state index contributed by atoms with van der Waals surface area (Å²) in [5.41, 5.74) is -3.46. The summed E-state index contributed by atoms with van der Waals surface area (Å²) in [5, 5.41) is 3.63. The minimum Gasteiger partial charge on any atom is -0.314 e. The molecule has 3 heterocycles. The van der Waals surface area contributed by atoms with Crippen LogP contribution in [-0.2, 0) is 19.3 Å². The zero-order valence-corrected chi connectivity index (χ0v) is 17.0. The van der Waals surface area contributed by atoms with Crippen molar-refractivity contribution in [2.75, 3.05) is 0 Å². The smallest absolute Gasteiger partial charge is 0.314 e. The molecule has 0 spiro atoms. The maximum atomic E-state index is 13.8. The summed E-state index contributed by atoms with van der Waals surface area (Å²) < 4.78 is 108. The third-order valence-corrected chi connectivity index (χ3v) is 5.51. The summed E-state index contributed by atoms with van der Waals surface area (Å²) in [6.07, 6.45) is -8.59. The molecular formula is C19H17F8N5O. The lowest BCUT2D eigenvalue weighted by Gasteiger charge is -2.35. The van der Waals surface area contributed by atoms with Gasteiger partial charge in [0.2, 0.25) is 11.7 Å². The van der Waals surface area contributed by atoms with Gasteiger partial charge in [0, 0.05) is 49.6 Å². The molecule has 6 nitrogen and oxygen atoms in total. The topological polar surface area (TPSA) is 57.1 Å². The molecule has 0 saturated heterocycles. The van der Waals surface area contributed by atoms with Gasteiger partial charge in [-0.3, -0.25) is 13.9 Å². The summed E-state index contributed by atoms with van der Waals surface area (Å²) in [4.78, 5) is 16.7. The molecule has 0 N–H and O–H groups in total. The maximum Gasteiger partial charge on any atom is 0.434 e. The van der Waals surface area contributed by atoms with Crippen LogP contribution in [-0.4, -0.2) is 35.8 Å². The number of aromatic nitrogens is 5. The Morgan fingerprint density at radius 3 is 2.36 bits per heavy atom. The lowest BCUT2D eigenvalue weighted by molar-refractivity contribution is -0.140. The normalized spacial score (nSPS) is 17.0. The van der Waals surface area contributed by atoms with Gasteiger partial charge in [0.05, 0.1) is 18.2 Å². The SMILES string of the molecule is Cc1cn2c(=O)c(-c3cnn(CCC(F)(F)F)c3)c(C(F)(F)F)nc2n1CC1CC(F)(F)C1. The van der Waals surface area contributed by atoms with Crippen LogP contribution in [0.25, 0.3) is 16.9 Å². The second-order valence-electron chi connectivity index (χ2n) is 8.18. The van der Waals surface area contributed by atoms with E-state index in [2.05, 4.69) is 10.1 Å². The van der Waals surface area contributed by atoms with Gasteiger partial charge in [0.1, 0.15) is 0 Å². The Kier molecular flexibility index (Phi) is 5.32. The Morgan fingerprint density at radius 1 is 1.12 bits per heavy atom. The van der Waals surface area contributed by atoms with Gasteiger partial charge in [-0.2, -0.15) is 31.4 Å². The van der Waals surface area contributed by atoms with Gasteiger partial charge in [-0.05, 0) is 12.8 Å². The van der Waals surface area contributed by atoms with E-state index in [9.17, 15) is 39.9 Å². The highest BCUT2D eigenvalue weighted by atomic mass is 19.4. The highest BCUT2D eigenvalue weighted by Gasteiger charge is 2.45. The number of alkyl halides is 8. The second-order valence-corrected chi connectivity index (χ2v) is 8.18. The van der Waals surface area contributed by atoms with Crippen LogP contribution < -0.4 is 5.56 Å². The van der Waals surface area contributed by atoms with E-state index in [0.717, 1.165) is 21.5 Å². The highest BCUT2D eigenvalue weighted by Crippen LogP contribution is 2.43. The van der Waals surface area contributed by atoms with Crippen LogP contribution in [0.1, 0.15) is 30.7 Å². The van der Waals surface area contributed by atoms with Gasteiger partial charge in [0.25, 0.3) is 5.56 Å². The van der Waals surface area contributed by atoms with E-state index in [1.807, 2.05) is 0 Å². The van der Waals surface area contributed by atoms with Gasteiger partial charge in [0.15, 0.2) is 5.69 Å². The number of rotatable bonds is 5. The van der Waals surface area contributed by atoms with Crippen LogP contribution in [0.2, 0.25) is 0 Å². The van der Waals surface area contributed by atoms with Crippen LogP contribution in [0.4, 0.5) is 35.1 Å². The largest absolute Gasteiger partial charge is 0.434 e. The monoisotopic (exact) mass is 483 g/mol. The molecule has 0 radical (unpaired) electrons. The van der Waals surface area contributed by atoms with E-state index in [-0.39, 0.29) is 17.9 Å². The first-order valence-electron chi connectivity index (χ1n) is 9.82. The van der Waals surface area contributed by atoms with Crippen molar-refractivity contribution in [3.8, 4) is 11.1 Å². The predicted octanol–water partition coefficient (Wildman–Crippen LogP) is 4.68. The Morgan fingerprint density at radius 2 is 1.79 bits per heavy atom. The van der Waals surface area contributed by atoms with E-state index < -0.39 is 66.8 Å². The Balaban J connectivity index is 1.79. The number of fused-ring (bicyclic) bond motifs is 1. The van der Waals surface area contributed by atoms with Crippen LogP contribution in [0, 0.1) is 12.8 Å². The summed E-state index contributed by atoms with van der Waals surface area (Å²) in [7, 11) is 0. The van der Waals surface area contributed by atoms with E-state index in [0.29, 0.717) is 5.69 Å². The minimum atomic E-state index is -5.07. The molecule has 1 fully saturated rings. The molecule has 0 unspecified atom stereocenters. The van der Waals surface area contributed by atoms with Gasteiger partial charge < -0.3 is 4.57 Å². The number of nitrogens with zero attached hydrogens (tertiary/aromatic N) is 5. The summed E-state index contributed by atoms with van der Waals surface area (Å²) in [6, 6.07) is 0. The fourth-order valence-corrected chi connectivity index (χ4v) is 3.96. The Labute approximate surface area is 180 Å². The zero-order valence-electron chi connectivity index (χ0n) is 17.0. The third-order valence-electron chi connectivity index (χ3n) is 5.51. The van der Waals surface area contributed by atoms with Crippen molar-refractivity contribution in [1.29, 1.82) is 0 Å². The van der Waals surface area contributed by atoms with Crippen LogP contribution in [0.15, 0.2) is 23.4 Å². The van der Waals surface area contributed by atoms with Crippen molar-refractivity contribution < 1.29 is 35.1 Å². The standard InChI is InChI=1S/C19H17F8N5O/c1-10-7-32-15(33)13(12-6-28-30(9-12)3-2-18(22,23)24)14(19(25,26)27)29-16(32)31(10)8-11-4-17(20,21)5-11/h6-7,9,11H,2-5,8H2,1H3. The molecule has 0 aliphatic heterocycles. The third kappa shape index (κ3) is 4.60. The van der Waals surface area contributed by atoms with Crippen LogP contribution >= 0.6 is 0 Å². The first-order valence-corrected chi connectivity index (χ1v) is 9.82. The molecule has 14 heteroatoms. The molecule has 0 amide bonds. The minimum absolute atomic E-state index is 0.0314. The maximum absolute atomic E-state index is 13.8. The van der Waals surface area contributed by atoms with E-state index in [1.54, 1.807) is 0 Å². The zero-order chi connectivity index (χ0) is 24.3. The van der Waals surface area contributed by atoms with E-state index in [4.69, 9.17) is 0 Å². The molecule has 0 aromatic carbocycles. The molecule has 1 aliphatic rings. The molecular weight excluding hydrogens is 466 g/mol. The number of hydrogen-bond acceptors (Lipinski definition) is 3. The van der Waals surface area contributed by atoms with E-state index in [1.165, 1.54) is 17.7 Å². The predicted molar refractivity (Wildman–Crippen MR) is 98.8 cm³/mol. The molecule has 1 aliphatic carbocycles. The van der Waals surface area contributed by atoms with Gasteiger partial charge in [-0.25, -0.2) is 13.8 Å². The number of aryl methyl sites for hydroxylation is 2. The number of hydrogen-bond donors (Lipinski definition) is 0. The Bertz CT molecular complexity index is 1240. The highest BCUT2D eigenvalue weighted by molar-refractivity contribution is 5.65. The van der Waals surface area contributed by atoms with Crippen molar-refractivity contribution in [1.82, 2.24) is 23.7 Å². The van der Waals surface area contributed by atoms with Gasteiger partial charge >= 0.3 is 12.4 Å². The average molecular weight is 483 g/mol. The molecule has 3 aromatic rings. The van der Waals surface area contributed by atoms with Gasteiger partial charge in [-0.1, -0.05) is 0 Å². The lowest BCUT2D eigenvalue weighted by Crippen LogP contribution is -2.38. The summed E-state index contributed by atoms with van der Waals surface area (Å²) in [6.45, 7) is 0.840. The lowest BCUT2D eigenvalue weighted by atomic mass is 9.81. The first-order chi connectivity index (χ1) is 15.1. The van der Waals surface area contributed by atoms with Gasteiger partial charge in [-0.15, -0.1) is 0 Å². The fourth-order valence-electron chi connectivity index (χ4n) is 3.96. The molecule has 1 saturated carbocycles. The second kappa shape index (κ2) is 7.55. The van der Waals surface area contributed by atoms with Crippen molar-refractivity contribution in [2.45, 2.75) is 57.6 Å². The fraction of sp³-hybridized carbons (Fsp3) is 0.526. The average Bonchev–Trinajstić information content (AvgIpc) is 3.23. The van der Waals surface area contributed by atoms with Crippen molar-refractivity contribution >= 4 is 5.78 Å². The van der Waals surface area contributed by atoms with Crippen molar-refractivity contribution in [3.05, 3.63) is 40.3 Å². The summed E-state index contributed by atoms with van der Waals surface area (Å²) >= 11 is 0. The van der Waals surface area contributed by atoms with Crippen molar-refractivity contribution in [3.63, 3.8) is 0 Å². The number of imidazole rings is 1. The molecule has 0 atom stereocenters. The first kappa shape index (κ1) is 23.2.